The Labute approximate surface area is 119 Å². The van der Waals surface area contributed by atoms with Crippen molar-refractivity contribution in [2.75, 3.05) is 6.61 Å². The molecule has 1 rings (SSSR count). The van der Waals surface area contributed by atoms with Crippen LogP contribution in [0.4, 0.5) is 0 Å². The SMILES string of the molecule is Cc1cc(OCC(=O)N[C@](C)(C#N)C(C)C)nnc1C. The van der Waals surface area contributed by atoms with Gasteiger partial charge in [-0.15, -0.1) is 5.10 Å². The first-order chi connectivity index (χ1) is 9.28. The van der Waals surface area contributed by atoms with E-state index in [0.717, 1.165) is 11.3 Å². The minimum atomic E-state index is -0.907. The third-order valence-corrected chi connectivity index (χ3v) is 3.35. The lowest BCUT2D eigenvalue weighted by molar-refractivity contribution is -0.124. The lowest BCUT2D eigenvalue weighted by Crippen LogP contribution is -2.50. The maximum Gasteiger partial charge on any atom is 0.259 e. The smallest absolute Gasteiger partial charge is 0.259 e. The van der Waals surface area contributed by atoms with Gasteiger partial charge in [0.05, 0.1) is 11.8 Å². The number of aromatic nitrogens is 2. The van der Waals surface area contributed by atoms with E-state index in [1.165, 1.54) is 0 Å². The van der Waals surface area contributed by atoms with Gasteiger partial charge in [0.25, 0.3) is 5.91 Å². The number of nitrogens with one attached hydrogen (secondary N) is 1. The monoisotopic (exact) mass is 276 g/mol. The van der Waals surface area contributed by atoms with Crippen molar-refractivity contribution in [3.8, 4) is 11.9 Å². The van der Waals surface area contributed by atoms with Crippen molar-refractivity contribution >= 4 is 5.91 Å². The summed E-state index contributed by atoms with van der Waals surface area (Å²) < 4.78 is 5.28. The third-order valence-electron chi connectivity index (χ3n) is 3.35. The highest BCUT2D eigenvalue weighted by atomic mass is 16.5. The number of carbonyl (C=O) groups excluding carboxylic acids is 1. The molecule has 1 atom stereocenters. The molecule has 0 aliphatic carbocycles. The maximum atomic E-state index is 11.8. The van der Waals surface area contributed by atoms with E-state index in [-0.39, 0.29) is 18.4 Å². The van der Waals surface area contributed by atoms with Crippen LogP contribution in [0.5, 0.6) is 5.88 Å². The highest BCUT2D eigenvalue weighted by molar-refractivity contribution is 5.78. The molecule has 0 saturated carbocycles. The van der Waals surface area contributed by atoms with E-state index in [1.54, 1.807) is 13.0 Å². The zero-order valence-electron chi connectivity index (χ0n) is 12.5. The van der Waals surface area contributed by atoms with Crippen molar-refractivity contribution < 1.29 is 9.53 Å². The summed E-state index contributed by atoms with van der Waals surface area (Å²) in [5, 5.41) is 19.6. The lowest BCUT2D eigenvalue weighted by atomic mass is 9.90. The molecule has 6 heteroatoms. The van der Waals surface area contributed by atoms with Gasteiger partial charge in [-0.1, -0.05) is 13.8 Å². The first kappa shape index (κ1) is 15.9. The van der Waals surface area contributed by atoms with Gasteiger partial charge in [-0.2, -0.15) is 10.4 Å². The summed E-state index contributed by atoms with van der Waals surface area (Å²) in [7, 11) is 0. The highest BCUT2D eigenvalue weighted by Gasteiger charge is 2.30. The fourth-order valence-corrected chi connectivity index (χ4v) is 1.36. The van der Waals surface area contributed by atoms with Crippen LogP contribution in [-0.2, 0) is 4.79 Å². The molecule has 1 aromatic heterocycles. The largest absolute Gasteiger partial charge is 0.466 e. The van der Waals surface area contributed by atoms with Crippen molar-refractivity contribution in [2.45, 2.75) is 40.2 Å². The molecule has 108 valence electrons. The minimum Gasteiger partial charge on any atom is -0.466 e. The normalized spacial score (nSPS) is 13.4. The van der Waals surface area contributed by atoms with Gasteiger partial charge in [0.2, 0.25) is 5.88 Å². The van der Waals surface area contributed by atoms with Crippen molar-refractivity contribution in [1.82, 2.24) is 15.5 Å². The molecule has 0 unspecified atom stereocenters. The molecule has 1 N–H and O–H groups in total. The summed E-state index contributed by atoms with van der Waals surface area (Å²) in [5.74, 6) is -0.0629. The van der Waals surface area contributed by atoms with Crippen LogP contribution in [0.1, 0.15) is 32.0 Å². The lowest BCUT2D eigenvalue weighted by Gasteiger charge is -2.27. The summed E-state index contributed by atoms with van der Waals surface area (Å²) in [6.07, 6.45) is 0. The molecular weight excluding hydrogens is 256 g/mol. The second-order valence-electron chi connectivity index (χ2n) is 5.26. The number of hydrogen-bond acceptors (Lipinski definition) is 5. The first-order valence-electron chi connectivity index (χ1n) is 6.44. The quantitative estimate of drug-likeness (QED) is 0.881. The molecule has 0 bridgehead atoms. The van der Waals surface area contributed by atoms with Gasteiger partial charge < -0.3 is 10.1 Å². The van der Waals surface area contributed by atoms with E-state index >= 15 is 0 Å². The van der Waals surface area contributed by atoms with Crippen LogP contribution in [-0.4, -0.2) is 28.3 Å². The van der Waals surface area contributed by atoms with E-state index < -0.39 is 5.54 Å². The average molecular weight is 276 g/mol. The topological polar surface area (TPSA) is 87.9 Å². The van der Waals surface area contributed by atoms with E-state index in [0.29, 0.717) is 5.88 Å². The van der Waals surface area contributed by atoms with Gasteiger partial charge in [0.15, 0.2) is 6.61 Å². The zero-order chi connectivity index (χ0) is 15.3. The summed E-state index contributed by atoms with van der Waals surface area (Å²) >= 11 is 0. The maximum absolute atomic E-state index is 11.8. The second kappa shape index (κ2) is 6.33. The van der Waals surface area contributed by atoms with Gasteiger partial charge in [-0.25, -0.2) is 0 Å². The minimum absolute atomic E-state index is 0.00198. The number of amides is 1. The molecule has 0 saturated heterocycles. The Morgan fingerprint density at radius 2 is 2.15 bits per heavy atom. The number of rotatable bonds is 5. The summed E-state index contributed by atoms with van der Waals surface area (Å²) in [5.41, 5.74) is 0.855. The molecular formula is C14H20N4O2. The number of hydrogen-bond donors (Lipinski definition) is 1. The van der Waals surface area contributed by atoms with Crippen LogP contribution in [0.3, 0.4) is 0 Å². The van der Waals surface area contributed by atoms with Crippen molar-refractivity contribution in [2.24, 2.45) is 5.92 Å². The van der Waals surface area contributed by atoms with Crippen molar-refractivity contribution in [3.05, 3.63) is 17.3 Å². The molecule has 0 radical (unpaired) electrons. The van der Waals surface area contributed by atoms with Crippen LogP contribution >= 0.6 is 0 Å². The molecule has 1 aromatic rings. The summed E-state index contributed by atoms with van der Waals surface area (Å²) in [6.45, 7) is 8.98. The van der Waals surface area contributed by atoms with E-state index in [2.05, 4.69) is 21.6 Å². The fraction of sp³-hybridized carbons (Fsp3) is 0.571. The van der Waals surface area contributed by atoms with Crippen LogP contribution in [0.15, 0.2) is 6.07 Å². The number of nitrogens with zero attached hydrogens (tertiary/aromatic N) is 3. The third kappa shape index (κ3) is 3.92. The Hall–Kier alpha value is -2.16. The van der Waals surface area contributed by atoms with Gasteiger partial charge in [0.1, 0.15) is 5.54 Å². The molecule has 0 aliphatic heterocycles. The molecule has 0 fully saturated rings. The van der Waals surface area contributed by atoms with Crippen LogP contribution in [0, 0.1) is 31.1 Å². The Morgan fingerprint density at radius 3 is 2.65 bits per heavy atom. The van der Waals surface area contributed by atoms with Gasteiger partial charge in [-0.05, 0) is 32.3 Å². The van der Waals surface area contributed by atoms with Gasteiger partial charge in [0, 0.05) is 6.07 Å². The number of carbonyl (C=O) groups is 1. The predicted molar refractivity (Wildman–Crippen MR) is 74.0 cm³/mol. The number of nitriles is 1. The van der Waals surface area contributed by atoms with Crippen molar-refractivity contribution in [1.29, 1.82) is 5.26 Å². The average Bonchev–Trinajstić information content (AvgIpc) is 2.39. The van der Waals surface area contributed by atoms with E-state index in [4.69, 9.17) is 10.00 Å². The summed E-state index contributed by atoms with van der Waals surface area (Å²) in [6, 6.07) is 3.83. The molecule has 1 amide bonds. The zero-order valence-corrected chi connectivity index (χ0v) is 12.5. The van der Waals surface area contributed by atoms with Crippen LogP contribution < -0.4 is 10.1 Å². The molecule has 6 nitrogen and oxygen atoms in total. The Bertz CT molecular complexity index is 536. The second-order valence-corrected chi connectivity index (χ2v) is 5.26. The summed E-state index contributed by atoms with van der Waals surface area (Å²) in [4.78, 5) is 11.8. The number of ether oxygens (including phenoxy) is 1. The molecule has 1 heterocycles. The fourth-order valence-electron chi connectivity index (χ4n) is 1.36. The van der Waals surface area contributed by atoms with Crippen LogP contribution in [0.25, 0.3) is 0 Å². The molecule has 0 aliphatic rings. The number of aryl methyl sites for hydroxylation is 2. The Kier molecular flexibility index (Phi) is 5.03. The van der Waals surface area contributed by atoms with Gasteiger partial charge in [-0.3, -0.25) is 4.79 Å². The molecule has 20 heavy (non-hydrogen) atoms. The van der Waals surface area contributed by atoms with E-state index in [1.807, 2.05) is 27.7 Å². The Morgan fingerprint density at radius 1 is 1.50 bits per heavy atom. The first-order valence-corrected chi connectivity index (χ1v) is 6.44. The molecule has 0 spiro atoms. The predicted octanol–water partition coefficient (Wildman–Crippen LogP) is 1.53. The standard InChI is InChI=1S/C14H20N4O2/c1-9(2)14(5,8-15)16-12(19)7-20-13-6-10(3)11(4)17-18-13/h6,9H,7H2,1-5H3,(H,16,19)/t14-/m1/s1. The Balaban J connectivity index is 2.60. The van der Waals surface area contributed by atoms with Gasteiger partial charge >= 0.3 is 0 Å². The van der Waals surface area contributed by atoms with E-state index in [9.17, 15) is 4.79 Å². The highest BCUT2D eigenvalue weighted by Crippen LogP contribution is 2.15. The molecule has 0 aromatic carbocycles. The van der Waals surface area contributed by atoms with Crippen LogP contribution in [0.2, 0.25) is 0 Å². The van der Waals surface area contributed by atoms with Crippen molar-refractivity contribution in [3.63, 3.8) is 0 Å².